The molecule has 0 aliphatic carbocycles. The Bertz CT molecular complexity index is 895. The Hall–Kier alpha value is -2.76. The third kappa shape index (κ3) is 4.47. The molecule has 0 aliphatic heterocycles. The smallest absolute Gasteiger partial charge is 0.355 e. The molecule has 1 heterocycles. The molecule has 0 fully saturated rings. The normalized spacial score (nSPS) is 10.7. The molecule has 1 N–H and O–H groups in total. The van der Waals surface area contributed by atoms with Crippen molar-refractivity contribution in [1.82, 2.24) is 4.57 Å². The number of esters is 1. The zero-order chi connectivity index (χ0) is 21.7. The summed E-state index contributed by atoms with van der Waals surface area (Å²) in [5, 5.41) is 3.02. The SMILES string of the molecule is CCOC(=O)c1c(C)c(C(=O)Nc2ccc(N(CC)CC)cc2C)c(C)n1CC. The minimum Gasteiger partial charge on any atom is -0.461 e. The van der Waals surface area contributed by atoms with Gasteiger partial charge in [-0.05, 0) is 77.8 Å². The number of nitrogens with one attached hydrogen (secondary N) is 1. The summed E-state index contributed by atoms with van der Waals surface area (Å²) in [6, 6.07) is 6.05. The molecule has 0 spiro atoms. The van der Waals surface area contributed by atoms with E-state index >= 15 is 0 Å². The monoisotopic (exact) mass is 399 g/mol. The lowest BCUT2D eigenvalue weighted by Gasteiger charge is -2.22. The lowest BCUT2D eigenvalue weighted by atomic mass is 10.1. The van der Waals surface area contributed by atoms with Crippen LogP contribution in [0.2, 0.25) is 0 Å². The second-order valence-electron chi connectivity index (χ2n) is 7.02. The summed E-state index contributed by atoms with van der Waals surface area (Å²) in [6.07, 6.45) is 0. The third-order valence-electron chi connectivity index (χ3n) is 5.37. The maximum absolute atomic E-state index is 13.1. The van der Waals surface area contributed by atoms with Gasteiger partial charge < -0.3 is 19.5 Å². The van der Waals surface area contributed by atoms with Crippen LogP contribution in [-0.4, -0.2) is 36.1 Å². The molecule has 0 saturated carbocycles. The predicted molar refractivity (Wildman–Crippen MR) is 118 cm³/mol. The van der Waals surface area contributed by atoms with Gasteiger partial charge in [0.25, 0.3) is 5.91 Å². The van der Waals surface area contributed by atoms with Gasteiger partial charge in [0.05, 0.1) is 12.2 Å². The van der Waals surface area contributed by atoms with Crippen molar-refractivity contribution in [3.8, 4) is 0 Å². The molecule has 0 saturated heterocycles. The van der Waals surface area contributed by atoms with Gasteiger partial charge in [0.15, 0.2) is 0 Å². The van der Waals surface area contributed by atoms with Gasteiger partial charge in [-0.25, -0.2) is 4.79 Å². The summed E-state index contributed by atoms with van der Waals surface area (Å²) in [5.74, 6) is -0.606. The van der Waals surface area contributed by atoms with E-state index in [1.54, 1.807) is 13.8 Å². The van der Waals surface area contributed by atoms with E-state index in [4.69, 9.17) is 4.74 Å². The zero-order valence-corrected chi connectivity index (χ0v) is 18.7. The van der Waals surface area contributed by atoms with Crippen LogP contribution in [0.15, 0.2) is 18.2 Å². The molecule has 158 valence electrons. The average molecular weight is 400 g/mol. The highest BCUT2D eigenvalue weighted by molar-refractivity contribution is 6.08. The summed E-state index contributed by atoms with van der Waals surface area (Å²) < 4.78 is 7.04. The van der Waals surface area contributed by atoms with Crippen molar-refractivity contribution in [2.45, 2.75) is 55.0 Å². The Balaban J connectivity index is 2.38. The molecule has 1 aromatic carbocycles. The van der Waals surface area contributed by atoms with Gasteiger partial charge >= 0.3 is 5.97 Å². The van der Waals surface area contributed by atoms with Crippen LogP contribution < -0.4 is 10.2 Å². The van der Waals surface area contributed by atoms with Crippen LogP contribution in [0.25, 0.3) is 0 Å². The second-order valence-corrected chi connectivity index (χ2v) is 7.02. The summed E-state index contributed by atoms with van der Waals surface area (Å²) in [7, 11) is 0. The predicted octanol–water partition coefficient (Wildman–Crippen LogP) is 4.71. The van der Waals surface area contributed by atoms with Crippen LogP contribution in [0, 0.1) is 20.8 Å². The van der Waals surface area contributed by atoms with E-state index in [-0.39, 0.29) is 5.91 Å². The highest BCUT2D eigenvalue weighted by Gasteiger charge is 2.26. The van der Waals surface area contributed by atoms with Crippen molar-refractivity contribution in [1.29, 1.82) is 0 Å². The molecule has 1 amide bonds. The van der Waals surface area contributed by atoms with Crippen molar-refractivity contribution < 1.29 is 14.3 Å². The minimum atomic E-state index is -0.395. The number of aromatic nitrogens is 1. The number of hydrogen-bond donors (Lipinski definition) is 1. The van der Waals surface area contributed by atoms with Gasteiger partial charge in [-0.3, -0.25) is 4.79 Å². The Labute approximate surface area is 173 Å². The number of hydrogen-bond acceptors (Lipinski definition) is 4. The Morgan fingerprint density at radius 1 is 1.07 bits per heavy atom. The molecule has 0 radical (unpaired) electrons. The quantitative estimate of drug-likeness (QED) is 0.653. The Morgan fingerprint density at radius 3 is 2.24 bits per heavy atom. The standard InChI is InChI=1S/C23H33N3O3/c1-8-25(9-2)18-12-13-19(15(5)14-18)24-22(27)20-16(6)21(23(28)29-11-4)26(10-3)17(20)7/h12-14H,8-11H2,1-7H3,(H,24,27). The number of amides is 1. The first kappa shape index (κ1) is 22.5. The van der Waals surface area contributed by atoms with Crippen molar-refractivity contribution in [2.75, 3.05) is 29.9 Å². The zero-order valence-electron chi connectivity index (χ0n) is 18.7. The molecule has 29 heavy (non-hydrogen) atoms. The highest BCUT2D eigenvalue weighted by Crippen LogP contribution is 2.27. The van der Waals surface area contributed by atoms with Crippen molar-refractivity contribution in [2.24, 2.45) is 0 Å². The third-order valence-corrected chi connectivity index (χ3v) is 5.37. The van der Waals surface area contributed by atoms with E-state index in [1.807, 2.05) is 37.5 Å². The van der Waals surface area contributed by atoms with Crippen LogP contribution in [0.5, 0.6) is 0 Å². The molecular weight excluding hydrogens is 366 g/mol. The maximum Gasteiger partial charge on any atom is 0.355 e. The number of benzene rings is 1. The van der Waals surface area contributed by atoms with Gasteiger partial charge in [-0.1, -0.05) is 0 Å². The highest BCUT2D eigenvalue weighted by atomic mass is 16.5. The fraction of sp³-hybridized carbons (Fsp3) is 0.478. The van der Waals surface area contributed by atoms with Gasteiger partial charge in [0, 0.05) is 36.7 Å². The summed E-state index contributed by atoms with van der Waals surface area (Å²) in [5.41, 5.74) is 5.30. The van der Waals surface area contributed by atoms with E-state index in [0.717, 1.165) is 35.7 Å². The fourth-order valence-electron chi connectivity index (χ4n) is 3.85. The van der Waals surface area contributed by atoms with E-state index in [1.165, 1.54) is 0 Å². The number of carbonyl (C=O) groups excluding carboxylic acids is 2. The van der Waals surface area contributed by atoms with Gasteiger partial charge in [-0.15, -0.1) is 0 Å². The van der Waals surface area contributed by atoms with Crippen LogP contribution in [-0.2, 0) is 11.3 Å². The first-order chi connectivity index (χ1) is 13.8. The summed E-state index contributed by atoms with van der Waals surface area (Å²) >= 11 is 0. The molecule has 2 rings (SSSR count). The minimum absolute atomic E-state index is 0.212. The lowest BCUT2D eigenvalue weighted by molar-refractivity contribution is 0.0512. The van der Waals surface area contributed by atoms with Crippen LogP contribution >= 0.6 is 0 Å². The van der Waals surface area contributed by atoms with E-state index < -0.39 is 5.97 Å². The largest absolute Gasteiger partial charge is 0.461 e. The Morgan fingerprint density at radius 2 is 1.72 bits per heavy atom. The average Bonchev–Trinajstić information content (AvgIpc) is 2.94. The summed E-state index contributed by atoms with van der Waals surface area (Å²) in [4.78, 5) is 27.8. The number of carbonyl (C=O) groups is 2. The van der Waals surface area contributed by atoms with Gasteiger partial charge in [0.2, 0.25) is 0 Å². The molecule has 0 aliphatic rings. The van der Waals surface area contributed by atoms with E-state index in [2.05, 4.69) is 30.1 Å². The number of ether oxygens (including phenoxy) is 1. The topological polar surface area (TPSA) is 63.6 Å². The molecule has 0 atom stereocenters. The number of rotatable bonds is 8. The molecule has 0 unspecified atom stereocenters. The molecular formula is C23H33N3O3. The molecule has 6 heteroatoms. The van der Waals surface area contributed by atoms with Gasteiger partial charge in [-0.2, -0.15) is 0 Å². The number of anilines is 2. The second kappa shape index (κ2) is 9.63. The van der Waals surface area contributed by atoms with Crippen LogP contribution in [0.3, 0.4) is 0 Å². The van der Waals surface area contributed by atoms with Crippen molar-refractivity contribution in [3.05, 3.63) is 46.3 Å². The fourth-order valence-corrected chi connectivity index (χ4v) is 3.85. The first-order valence-electron chi connectivity index (χ1n) is 10.3. The molecule has 0 bridgehead atoms. The van der Waals surface area contributed by atoms with Crippen LogP contribution in [0.1, 0.15) is 65.4 Å². The number of nitrogens with zero attached hydrogens (tertiary/aromatic N) is 2. The summed E-state index contributed by atoms with van der Waals surface area (Å²) in [6.45, 7) is 16.4. The lowest BCUT2D eigenvalue weighted by Crippen LogP contribution is -2.22. The van der Waals surface area contributed by atoms with E-state index in [9.17, 15) is 9.59 Å². The Kier molecular flexibility index (Phi) is 7.48. The van der Waals surface area contributed by atoms with Crippen LogP contribution in [0.4, 0.5) is 11.4 Å². The maximum atomic E-state index is 13.1. The van der Waals surface area contributed by atoms with Crippen molar-refractivity contribution >= 4 is 23.3 Å². The molecule has 6 nitrogen and oxygen atoms in total. The van der Waals surface area contributed by atoms with E-state index in [0.29, 0.717) is 30.0 Å². The molecule has 1 aromatic heterocycles. The molecule has 2 aromatic rings. The number of aryl methyl sites for hydroxylation is 1. The van der Waals surface area contributed by atoms with Gasteiger partial charge in [0.1, 0.15) is 5.69 Å². The van der Waals surface area contributed by atoms with Crippen molar-refractivity contribution in [3.63, 3.8) is 0 Å². The first-order valence-corrected chi connectivity index (χ1v) is 10.3.